The monoisotopic (exact) mass is 210 g/mol. The van der Waals surface area contributed by atoms with Gasteiger partial charge in [-0.2, -0.15) is 0 Å². The van der Waals surface area contributed by atoms with E-state index >= 15 is 0 Å². The van der Waals surface area contributed by atoms with Crippen LogP contribution in [-0.4, -0.2) is 12.5 Å². The number of furan rings is 1. The topological polar surface area (TPSA) is 68.3 Å². The normalized spacial score (nSPS) is 11.7. The zero-order valence-corrected chi connectivity index (χ0v) is 9.46. The molecule has 84 valence electrons. The van der Waals surface area contributed by atoms with Gasteiger partial charge in [0.05, 0.1) is 18.2 Å². The summed E-state index contributed by atoms with van der Waals surface area (Å²) in [4.78, 5) is 11.0. The first-order valence-corrected chi connectivity index (χ1v) is 4.97. The molecular formula is C11H18N2O2. The fourth-order valence-electron chi connectivity index (χ4n) is 1.16. The van der Waals surface area contributed by atoms with Gasteiger partial charge < -0.3 is 15.5 Å². The molecule has 1 aromatic heterocycles. The van der Waals surface area contributed by atoms with Crippen LogP contribution in [0.15, 0.2) is 16.7 Å². The van der Waals surface area contributed by atoms with Crippen LogP contribution >= 0.6 is 0 Å². The Labute approximate surface area is 89.8 Å². The number of nitrogens with one attached hydrogen (secondary N) is 1. The van der Waals surface area contributed by atoms with Crippen LogP contribution in [-0.2, 0) is 11.3 Å². The van der Waals surface area contributed by atoms with E-state index in [2.05, 4.69) is 5.32 Å². The Morgan fingerprint density at radius 3 is 2.73 bits per heavy atom. The molecule has 0 aliphatic rings. The molecular weight excluding hydrogens is 192 g/mol. The molecule has 0 saturated heterocycles. The number of rotatable bonds is 5. The van der Waals surface area contributed by atoms with E-state index in [1.54, 1.807) is 6.26 Å². The first kappa shape index (κ1) is 11.8. The summed E-state index contributed by atoms with van der Waals surface area (Å²) in [5, 5.41) is 3.16. The average molecular weight is 210 g/mol. The Morgan fingerprint density at radius 1 is 1.60 bits per heavy atom. The summed E-state index contributed by atoms with van der Waals surface area (Å²) in [5.41, 5.74) is 5.84. The molecule has 0 radical (unpaired) electrons. The third-order valence-electron chi connectivity index (χ3n) is 2.49. The van der Waals surface area contributed by atoms with Crippen LogP contribution < -0.4 is 11.1 Å². The van der Waals surface area contributed by atoms with E-state index in [-0.39, 0.29) is 5.91 Å². The molecule has 0 atom stereocenters. The number of hydrogen-bond acceptors (Lipinski definition) is 3. The Morgan fingerprint density at radius 2 is 2.27 bits per heavy atom. The minimum Gasteiger partial charge on any atom is -0.468 e. The van der Waals surface area contributed by atoms with Crippen LogP contribution in [0.3, 0.4) is 0 Å². The molecule has 3 N–H and O–H groups in total. The predicted octanol–water partition coefficient (Wildman–Crippen LogP) is 1.19. The standard InChI is InChI=1S/C11H18N2O2/c1-8-4-5-15-9(8)6-13-7-11(2,3)10(12)14/h4-5,13H,6-7H2,1-3H3,(H2,12,14). The quantitative estimate of drug-likeness (QED) is 0.767. The lowest BCUT2D eigenvalue weighted by molar-refractivity contribution is -0.125. The first-order chi connectivity index (χ1) is 6.93. The average Bonchev–Trinajstić information content (AvgIpc) is 2.51. The van der Waals surface area contributed by atoms with Crippen molar-refractivity contribution in [2.75, 3.05) is 6.54 Å². The summed E-state index contributed by atoms with van der Waals surface area (Å²) >= 11 is 0. The van der Waals surface area contributed by atoms with Gasteiger partial charge in [0.2, 0.25) is 5.91 Å². The highest BCUT2D eigenvalue weighted by atomic mass is 16.3. The molecule has 4 nitrogen and oxygen atoms in total. The summed E-state index contributed by atoms with van der Waals surface area (Å²) in [7, 11) is 0. The van der Waals surface area contributed by atoms with E-state index in [4.69, 9.17) is 10.2 Å². The van der Waals surface area contributed by atoms with Gasteiger partial charge in [-0.25, -0.2) is 0 Å². The molecule has 0 spiro atoms. The van der Waals surface area contributed by atoms with Gasteiger partial charge in [0, 0.05) is 6.54 Å². The molecule has 1 aromatic rings. The Bertz CT molecular complexity index is 342. The summed E-state index contributed by atoms with van der Waals surface area (Å²) < 4.78 is 5.26. The minimum atomic E-state index is -0.527. The summed E-state index contributed by atoms with van der Waals surface area (Å²) in [5.74, 6) is 0.599. The number of primary amides is 1. The van der Waals surface area contributed by atoms with E-state index in [0.717, 1.165) is 11.3 Å². The third-order valence-corrected chi connectivity index (χ3v) is 2.49. The molecule has 15 heavy (non-hydrogen) atoms. The van der Waals surface area contributed by atoms with E-state index in [1.165, 1.54) is 0 Å². The zero-order chi connectivity index (χ0) is 11.5. The smallest absolute Gasteiger partial charge is 0.224 e. The zero-order valence-electron chi connectivity index (χ0n) is 9.46. The Balaban J connectivity index is 2.40. The molecule has 0 aliphatic heterocycles. The highest BCUT2D eigenvalue weighted by Gasteiger charge is 2.24. The van der Waals surface area contributed by atoms with Crippen molar-refractivity contribution in [2.45, 2.75) is 27.3 Å². The van der Waals surface area contributed by atoms with Crippen molar-refractivity contribution in [3.05, 3.63) is 23.7 Å². The van der Waals surface area contributed by atoms with Gasteiger partial charge in [-0.3, -0.25) is 4.79 Å². The number of carbonyl (C=O) groups excluding carboxylic acids is 1. The van der Waals surface area contributed by atoms with Crippen LogP contribution in [0.2, 0.25) is 0 Å². The van der Waals surface area contributed by atoms with Crippen LogP contribution in [0.25, 0.3) is 0 Å². The predicted molar refractivity (Wildman–Crippen MR) is 58.1 cm³/mol. The fourth-order valence-corrected chi connectivity index (χ4v) is 1.16. The van der Waals surface area contributed by atoms with Crippen molar-refractivity contribution < 1.29 is 9.21 Å². The maximum absolute atomic E-state index is 11.0. The van der Waals surface area contributed by atoms with Gasteiger partial charge in [0.15, 0.2) is 0 Å². The lowest BCUT2D eigenvalue weighted by Crippen LogP contribution is -2.40. The van der Waals surface area contributed by atoms with Gasteiger partial charge in [-0.15, -0.1) is 0 Å². The fraction of sp³-hybridized carbons (Fsp3) is 0.545. The van der Waals surface area contributed by atoms with Crippen molar-refractivity contribution in [2.24, 2.45) is 11.1 Å². The summed E-state index contributed by atoms with van der Waals surface area (Å²) in [6, 6.07) is 1.91. The number of amides is 1. The molecule has 0 fully saturated rings. The largest absolute Gasteiger partial charge is 0.468 e. The molecule has 0 aliphatic carbocycles. The molecule has 1 amide bonds. The van der Waals surface area contributed by atoms with Crippen LogP contribution in [0, 0.1) is 12.3 Å². The minimum absolute atomic E-state index is 0.300. The SMILES string of the molecule is Cc1ccoc1CNCC(C)(C)C(N)=O. The van der Waals surface area contributed by atoms with Crippen molar-refractivity contribution >= 4 is 5.91 Å². The van der Waals surface area contributed by atoms with E-state index in [9.17, 15) is 4.79 Å². The highest BCUT2D eigenvalue weighted by Crippen LogP contribution is 2.13. The highest BCUT2D eigenvalue weighted by molar-refractivity contribution is 5.80. The lowest BCUT2D eigenvalue weighted by atomic mass is 9.93. The Hall–Kier alpha value is -1.29. The molecule has 1 rings (SSSR count). The molecule has 1 heterocycles. The summed E-state index contributed by atoms with van der Waals surface area (Å²) in [6.45, 7) is 6.78. The second-order valence-electron chi connectivity index (χ2n) is 4.38. The van der Waals surface area contributed by atoms with E-state index < -0.39 is 5.41 Å². The molecule has 0 saturated carbocycles. The maximum atomic E-state index is 11.0. The Kier molecular flexibility index (Phi) is 3.52. The van der Waals surface area contributed by atoms with Gasteiger partial charge in [-0.05, 0) is 32.4 Å². The van der Waals surface area contributed by atoms with Gasteiger partial charge in [-0.1, -0.05) is 0 Å². The van der Waals surface area contributed by atoms with Gasteiger partial charge in [0.25, 0.3) is 0 Å². The number of hydrogen-bond donors (Lipinski definition) is 2. The molecule has 4 heteroatoms. The molecule has 0 aromatic carbocycles. The molecule has 0 unspecified atom stereocenters. The first-order valence-electron chi connectivity index (χ1n) is 4.97. The second-order valence-corrected chi connectivity index (χ2v) is 4.38. The second kappa shape index (κ2) is 4.49. The van der Waals surface area contributed by atoms with Crippen molar-refractivity contribution in [1.82, 2.24) is 5.32 Å². The van der Waals surface area contributed by atoms with Gasteiger partial charge >= 0.3 is 0 Å². The van der Waals surface area contributed by atoms with Crippen molar-refractivity contribution in [3.63, 3.8) is 0 Å². The lowest BCUT2D eigenvalue weighted by Gasteiger charge is -2.20. The van der Waals surface area contributed by atoms with Crippen molar-refractivity contribution in [1.29, 1.82) is 0 Å². The van der Waals surface area contributed by atoms with Gasteiger partial charge in [0.1, 0.15) is 5.76 Å². The number of carbonyl (C=O) groups is 1. The number of nitrogens with two attached hydrogens (primary N) is 1. The molecule has 0 bridgehead atoms. The van der Waals surface area contributed by atoms with Crippen LogP contribution in [0.4, 0.5) is 0 Å². The number of aryl methyl sites for hydroxylation is 1. The third kappa shape index (κ3) is 3.09. The van der Waals surface area contributed by atoms with E-state index in [0.29, 0.717) is 13.1 Å². The van der Waals surface area contributed by atoms with Crippen molar-refractivity contribution in [3.8, 4) is 0 Å². The maximum Gasteiger partial charge on any atom is 0.224 e. The summed E-state index contributed by atoms with van der Waals surface area (Å²) in [6.07, 6.45) is 1.66. The van der Waals surface area contributed by atoms with Crippen LogP contribution in [0.5, 0.6) is 0 Å². The van der Waals surface area contributed by atoms with Crippen LogP contribution in [0.1, 0.15) is 25.2 Å². The van der Waals surface area contributed by atoms with E-state index in [1.807, 2.05) is 26.8 Å².